The molecule has 0 bridgehead atoms. The summed E-state index contributed by atoms with van der Waals surface area (Å²) < 4.78 is 29.7. The Morgan fingerprint density at radius 2 is 1.75 bits per heavy atom. The Morgan fingerprint density at radius 3 is 2.44 bits per heavy atom. The predicted molar refractivity (Wildman–Crippen MR) is 125 cm³/mol. The summed E-state index contributed by atoms with van der Waals surface area (Å²) in [6.07, 6.45) is 2.02. The summed E-state index contributed by atoms with van der Waals surface area (Å²) in [5, 5.41) is 0.112. The molecular formula is C24H26ClN3O3S. The Kier molecular flexibility index (Phi) is 6.42. The molecule has 0 spiro atoms. The lowest BCUT2D eigenvalue weighted by Crippen LogP contribution is -2.42. The van der Waals surface area contributed by atoms with Gasteiger partial charge in [-0.05, 0) is 35.9 Å². The van der Waals surface area contributed by atoms with Crippen molar-refractivity contribution in [3.8, 4) is 0 Å². The summed E-state index contributed by atoms with van der Waals surface area (Å²) in [6, 6.07) is 18.1. The predicted octanol–water partition coefficient (Wildman–Crippen LogP) is 4.42. The van der Waals surface area contributed by atoms with E-state index < -0.39 is 10.0 Å². The molecule has 1 aromatic heterocycles. The molecule has 0 fully saturated rings. The summed E-state index contributed by atoms with van der Waals surface area (Å²) in [7, 11) is -3.80. The lowest BCUT2D eigenvalue weighted by atomic mass is 9.99. The van der Waals surface area contributed by atoms with E-state index in [0.29, 0.717) is 31.7 Å². The smallest absolute Gasteiger partial charge is 0.254 e. The average molecular weight is 472 g/mol. The van der Waals surface area contributed by atoms with Gasteiger partial charge >= 0.3 is 0 Å². The van der Waals surface area contributed by atoms with Crippen molar-refractivity contribution in [1.82, 2.24) is 13.8 Å². The maximum absolute atomic E-state index is 13.7. The van der Waals surface area contributed by atoms with Gasteiger partial charge in [-0.2, -0.15) is 4.31 Å². The fraction of sp³-hybridized carbons (Fsp3) is 0.292. The topological polar surface area (TPSA) is 62.6 Å². The first-order valence-electron chi connectivity index (χ1n) is 10.7. The van der Waals surface area contributed by atoms with Crippen LogP contribution in [0.4, 0.5) is 0 Å². The summed E-state index contributed by atoms with van der Waals surface area (Å²) in [4.78, 5) is 15.5. The number of rotatable bonds is 6. The highest BCUT2D eigenvalue weighted by molar-refractivity contribution is 7.89. The largest absolute Gasteiger partial charge is 0.348 e. The third-order valence-electron chi connectivity index (χ3n) is 5.92. The second kappa shape index (κ2) is 9.10. The molecule has 0 saturated heterocycles. The Bertz CT molecular complexity index is 1220. The van der Waals surface area contributed by atoms with Crippen molar-refractivity contribution in [3.63, 3.8) is 0 Å². The molecular weight excluding hydrogens is 446 g/mol. The number of sulfonamides is 1. The molecule has 3 aromatic rings. The number of carbonyl (C=O) groups is 1. The van der Waals surface area contributed by atoms with Crippen LogP contribution < -0.4 is 0 Å². The fourth-order valence-corrected chi connectivity index (χ4v) is 6.25. The third-order valence-corrected chi connectivity index (χ3v) is 8.45. The van der Waals surface area contributed by atoms with E-state index in [1.807, 2.05) is 53.6 Å². The van der Waals surface area contributed by atoms with Crippen molar-refractivity contribution in [2.75, 3.05) is 19.6 Å². The second-order valence-electron chi connectivity index (χ2n) is 7.67. The van der Waals surface area contributed by atoms with Gasteiger partial charge in [0.1, 0.15) is 4.90 Å². The van der Waals surface area contributed by atoms with Crippen LogP contribution in [-0.4, -0.2) is 47.7 Å². The molecule has 2 aromatic carbocycles. The van der Waals surface area contributed by atoms with Crippen molar-refractivity contribution in [1.29, 1.82) is 0 Å². The van der Waals surface area contributed by atoms with Crippen molar-refractivity contribution >= 4 is 27.5 Å². The molecule has 168 valence electrons. The zero-order valence-corrected chi connectivity index (χ0v) is 19.7. The van der Waals surface area contributed by atoms with Gasteiger partial charge in [-0.15, -0.1) is 0 Å². The minimum Gasteiger partial charge on any atom is -0.348 e. The second-order valence-corrected chi connectivity index (χ2v) is 9.99. The normalized spacial score (nSPS) is 16.2. The molecule has 1 atom stereocenters. The van der Waals surface area contributed by atoms with Crippen LogP contribution in [0.5, 0.6) is 0 Å². The first kappa shape index (κ1) is 22.6. The number of hydrogen-bond donors (Lipinski definition) is 0. The number of aromatic nitrogens is 1. The Hall–Kier alpha value is -2.61. The molecule has 4 rings (SSSR count). The zero-order valence-electron chi connectivity index (χ0n) is 18.1. The Morgan fingerprint density at radius 1 is 1.03 bits per heavy atom. The summed E-state index contributed by atoms with van der Waals surface area (Å²) in [5.41, 5.74) is 2.34. The maximum atomic E-state index is 13.7. The van der Waals surface area contributed by atoms with Gasteiger partial charge < -0.3 is 9.47 Å². The van der Waals surface area contributed by atoms with Gasteiger partial charge in [0.25, 0.3) is 5.91 Å². The molecule has 2 heterocycles. The van der Waals surface area contributed by atoms with Gasteiger partial charge in [0.15, 0.2) is 0 Å². The van der Waals surface area contributed by atoms with Gasteiger partial charge in [-0.25, -0.2) is 8.42 Å². The first-order valence-corrected chi connectivity index (χ1v) is 12.5. The van der Waals surface area contributed by atoms with Gasteiger partial charge in [0.2, 0.25) is 10.0 Å². The molecule has 0 radical (unpaired) electrons. The molecule has 1 aliphatic heterocycles. The molecule has 32 heavy (non-hydrogen) atoms. The van der Waals surface area contributed by atoms with Crippen LogP contribution in [0.15, 0.2) is 71.8 Å². The first-order chi connectivity index (χ1) is 15.4. The molecule has 8 heteroatoms. The number of benzene rings is 2. The van der Waals surface area contributed by atoms with E-state index in [2.05, 4.69) is 4.57 Å². The minimum atomic E-state index is -3.80. The van der Waals surface area contributed by atoms with E-state index in [0.717, 1.165) is 11.3 Å². The highest BCUT2D eigenvalue weighted by Gasteiger charge is 2.33. The minimum absolute atomic E-state index is 0.0367. The van der Waals surface area contributed by atoms with Gasteiger partial charge in [-0.3, -0.25) is 4.79 Å². The number of nitrogens with zero attached hydrogens (tertiary/aromatic N) is 3. The quantitative estimate of drug-likeness (QED) is 0.534. The Labute approximate surface area is 194 Å². The molecule has 6 nitrogen and oxygen atoms in total. The van der Waals surface area contributed by atoms with Gasteiger partial charge in [0, 0.05) is 43.6 Å². The lowest BCUT2D eigenvalue weighted by Gasteiger charge is -2.37. The number of carbonyl (C=O) groups excluding carboxylic acids is 1. The molecule has 0 aliphatic carbocycles. The van der Waals surface area contributed by atoms with Crippen LogP contribution >= 0.6 is 11.6 Å². The highest BCUT2D eigenvalue weighted by Crippen LogP contribution is 2.34. The lowest BCUT2D eigenvalue weighted by molar-refractivity contribution is 0.0664. The standard InChI is InChI=1S/C24H26ClN3O3S/c1-3-27(4-2)32(30,31)22-17-19(12-13-20(22)25)24(29)28-16-15-26-14-8-11-21(26)23(28)18-9-6-5-7-10-18/h5-14,17,23H,3-4,15-16H2,1-2H3. The fourth-order valence-electron chi connectivity index (χ4n) is 4.29. The molecule has 0 saturated carbocycles. The van der Waals surface area contributed by atoms with E-state index >= 15 is 0 Å². The number of amides is 1. The van der Waals surface area contributed by atoms with E-state index in [-0.39, 0.29) is 21.9 Å². The van der Waals surface area contributed by atoms with E-state index in [9.17, 15) is 13.2 Å². The van der Waals surface area contributed by atoms with Crippen molar-refractivity contribution < 1.29 is 13.2 Å². The van der Waals surface area contributed by atoms with Crippen LogP contribution in [0.25, 0.3) is 0 Å². The van der Waals surface area contributed by atoms with Crippen LogP contribution in [0.1, 0.15) is 41.5 Å². The summed E-state index contributed by atoms with van der Waals surface area (Å²) >= 11 is 6.27. The van der Waals surface area contributed by atoms with Gasteiger partial charge in [-0.1, -0.05) is 55.8 Å². The molecule has 1 aliphatic rings. The number of halogens is 1. The van der Waals surface area contributed by atoms with E-state index in [1.54, 1.807) is 19.9 Å². The molecule has 0 N–H and O–H groups in total. The van der Waals surface area contributed by atoms with Crippen LogP contribution in [-0.2, 0) is 16.6 Å². The monoisotopic (exact) mass is 471 g/mol. The average Bonchev–Trinajstić information content (AvgIpc) is 3.28. The van der Waals surface area contributed by atoms with Crippen LogP contribution in [0.2, 0.25) is 5.02 Å². The Balaban J connectivity index is 1.76. The SMILES string of the molecule is CCN(CC)S(=O)(=O)c1cc(C(=O)N2CCn3cccc3C2c2ccccc2)ccc1Cl. The zero-order chi connectivity index (χ0) is 22.9. The molecule has 1 amide bonds. The number of hydrogen-bond acceptors (Lipinski definition) is 3. The third kappa shape index (κ3) is 3.96. The van der Waals surface area contributed by atoms with Crippen LogP contribution in [0, 0.1) is 0 Å². The van der Waals surface area contributed by atoms with Crippen molar-refractivity contribution in [2.24, 2.45) is 0 Å². The number of fused-ring (bicyclic) bond motifs is 1. The summed E-state index contributed by atoms with van der Waals surface area (Å²) in [6.45, 7) is 5.39. The molecule has 1 unspecified atom stereocenters. The summed E-state index contributed by atoms with van der Waals surface area (Å²) in [5.74, 6) is -0.223. The van der Waals surface area contributed by atoms with E-state index in [4.69, 9.17) is 11.6 Å². The maximum Gasteiger partial charge on any atom is 0.254 e. The van der Waals surface area contributed by atoms with Gasteiger partial charge in [0.05, 0.1) is 11.1 Å². The highest BCUT2D eigenvalue weighted by atomic mass is 35.5. The van der Waals surface area contributed by atoms with E-state index in [1.165, 1.54) is 16.4 Å². The van der Waals surface area contributed by atoms with Crippen molar-refractivity contribution in [3.05, 3.63) is 88.7 Å². The van der Waals surface area contributed by atoms with Crippen molar-refractivity contribution in [2.45, 2.75) is 31.3 Å². The van der Waals surface area contributed by atoms with Crippen LogP contribution in [0.3, 0.4) is 0 Å².